The number of piperazine rings is 1. The lowest BCUT2D eigenvalue weighted by atomic mass is 9.95. The van der Waals surface area contributed by atoms with E-state index in [4.69, 9.17) is 0 Å². The van der Waals surface area contributed by atoms with Gasteiger partial charge in [-0.3, -0.25) is 4.79 Å². The van der Waals surface area contributed by atoms with Crippen LogP contribution in [-0.4, -0.2) is 50.1 Å². The SMILES string of the molecule is Cl.O=C(NCCCN1CCNCC1)C1(c2ccc(F)cc2)CC1. The summed E-state index contributed by atoms with van der Waals surface area (Å²) < 4.78 is 13.0. The zero-order valence-electron chi connectivity index (χ0n) is 13.3. The van der Waals surface area contributed by atoms with Gasteiger partial charge in [-0.05, 0) is 43.5 Å². The molecule has 23 heavy (non-hydrogen) atoms. The number of carbonyl (C=O) groups excluding carboxylic acids is 1. The predicted octanol–water partition coefficient (Wildman–Crippen LogP) is 1.69. The van der Waals surface area contributed by atoms with Crippen molar-refractivity contribution in [1.82, 2.24) is 15.5 Å². The van der Waals surface area contributed by atoms with E-state index in [-0.39, 0.29) is 24.1 Å². The Hall–Kier alpha value is -1.17. The minimum absolute atomic E-state index is 0. The third kappa shape index (κ3) is 4.43. The number of hydrogen-bond acceptors (Lipinski definition) is 3. The largest absolute Gasteiger partial charge is 0.355 e. The first-order chi connectivity index (χ1) is 10.7. The predicted molar refractivity (Wildman–Crippen MR) is 91.5 cm³/mol. The maximum Gasteiger partial charge on any atom is 0.230 e. The minimum atomic E-state index is -0.400. The third-order valence-electron chi connectivity index (χ3n) is 4.73. The lowest BCUT2D eigenvalue weighted by molar-refractivity contribution is -0.123. The van der Waals surface area contributed by atoms with Gasteiger partial charge in [0.25, 0.3) is 0 Å². The Morgan fingerprint density at radius 1 is 1.22 bits per heavy atom. The van der Waals surface area contributed by atoms with Gasteiger partial charge in [0, 0.05) is 32.7 Å². The molecule has 2 fully saturated rings. The molecule has 1 saturated heterocycles. The van der Waals surface area contributed by atoms with E-state index in [0.717, 1.165) is 57.5 Å². The quantitative estimate of drug-likeness (QED) is 0.774. The summed E-state index contributed by atoms with van der Waals surface area (Å²) in [5.41, 5.74) is 0.538. The summed E-state index contributed by atoms with van der Waals surface area (Å²) in [6.45, 7) is 6.04. The van der Waals surface area contributed by atoms with Crippen LogP contribution in [0.15, 0.2) is 24.3 Å². The molecule has 1 saturated carbocycles. The molecule has 2 aliphatic rings. The fourth-order valence-corrected chi connectivity index (χ4v) is 3.15. The van der Waals surface area contributed by atoms with Crippen LogP contribution in [0.5, 0.6) is 0 Å². The number of benzene rings is 1. The molecule has 3 rings (SSSR count). The summed E-state index contributed by atoms with van der Waals surface area (Å²) in [6, 6.07) is 6.35. The van der Waals surface area contributed by atoms with Crippen LogP contribution < -0.4 is 10.6 Å². The topological polar surface area (TPSA) is 44.4 Å². The van der Waals surface area contributed by atoms with E-state index in [1.807, 2.05) is 0 Å². The van der Waals surface area contributed by atoms with E-state index in [1.165, 1.54) is 12.1 Å². The van der Waals surface area contributed by atoms with Crippen molar-refractivity contribution in [1.29, 1.82) is 0 Å². The van der Waals surface area contributed by atoms with Gasteiger partial charge in [-0.1, -0.05) is 12.1 Å². The summed E-state index contributed by atoms with van der Waals surface area (Å²) in [7, 11) is 0. The number of hydrogen-bond donors (Lipinski definition) is 2. The van der Waals surface area contributed by atoms with Gasteiger partial charge in [-0.25, -0.2) is 4.39 Å². The van der Waals surface area contributed by atoms with Gasteiger partial charge in [0.2, 0.25) is 5.91 Å². The fourth-order valence-electron chi connectivity index (χ4n) is 3.15. The second kappa shape index (κ2) is 8.08. The molecule has 1 heterocycles. The Kier molecular flexibility index (Phi) is 6.39. The van der Waals surface area contributed by atoms with Crippen LogP contribution in [-0.2, 0) is 10.2 Å². The van der Waals surface area contributed by atoms with E-state index in [9.17, 15) is 9.18 Å². The summed E-state index contributed by atoms with van der Waals surface area (Å²) in [4.78, 5) is 14.9. The van der Waals surface area contributed by atoms with Crippen LogP contribution in [0.2, 0.25) is 0 Å². The van der Waals surface area contributed by atoms with Crippen LogP contribution >= 0.6 is 12.4 Å². The van der Waals surface area contributed by atoms with Gasteiger partial charge in [-0.15, -0.1) is 12.4 Å². The monoisotopic (exact) mass is 341 g/mol. The molecule has 6 heteroatoms. The Balaban J connectivity index is 0.00000192. The zero-order valence-corrected chi connectivity index (χ0v) is 14.1. The minimum Gasteiger partial charge on any atom is -0.355 e. The Labute approximate surface area is 143 Å². The number of halogens is 2. The van der Waals surface area contributed by atoms with E-state index >= 15 is 0 Å². The van der Waals surface area contributed by atoms with Crippen molar-refractivity contribution >= 4 is 18.3 Å². The van der Waals surface area contributed by atoms with Crippen LogP contribution in [0.4, 0.5) is 4.39 Å². The van der Waals surface area contributed by atoms with Crippen molar-refractivity contribution < 1.29 is 9.18 Å². The molecule has 4 nitrogen and oxygen atoms in total. The second-order valence-electron chi connectivity index (χ2n) is 6.29. The maximum atomic E-state index is 13.0. The highest BCUT2D eigenvalue weighted by Crippen LogP contribution is 2.48. The average Bonchev–Trinajstić information content (AvgIpc) is 3.35. The van der Waals surface area contributed by atoms with Crippen molar-refractivity contribution in [2.24, 2.45) is 0 Å². The molecule has 1 aromatic rings. The first-order valence-electron chi connectivity index (χ1n) is 8.18. The van der Waals surface area contributed by atoms with Gasteiger partial charge in [0.15, 0.2) is 0 Å². The fraction of sp³-hybridized carbons (Fsp3) is 0.588. The molecule has 1 aromatic carbocycles. The number of carbonyl (C=O) groups is 1. The highest BCUT2D eigenvalue weighted by Gasteiger charge is 2.50. The van der Waals surface area contributed by atoms with Gasteiger partial charge in [0.05, 0.1) is 5.41 Å². The van der Waals surface area contributed by atoms with Crippen molar-refractivity contribution in [3.63, 3.8) is 0 Å². The molecular formula is C17H25ClFN3O. The first kappa shape index (κ1) is 18.2. The average molecular weight is 342 g/mol. The summed E-state index contributed by atoms with van der Waals surface area (Å²) in [6.07, 6.45) is 2.70. The molecule has 0 bridgehead atoms. The maximum absolute atomic E-state index is 13.0. The Morgan fingerprint density at radius 3 is 2.48 bits per heavy atom. The molecular weight excluding hydrogens is 317 g/mol. The van der Waals surface area contributed by atoms with Crippen LogP contribution in [0.1, 0.15) is 24.8 Å². The smallest absolute Gasteiger partial charge is 0.230 e. The Morgan fingerprint density at radius 2 is 1.87 bits per heavy atom. The number of rotatable bonds is 6. The van der Waals surface area contributed by atoms with Gasteiger partial charge in [-0.2, -0.15) is 0 Å². The summed E-state index contributed by atoms with van der Waals surface area (Å²) in [5.74, 6) is -0.157. The van der Waals surface area contributed by atoms with Crippen molar-refractivity contribution in [3.8, 4) is 0 Å². The van der Waals surface area contributed by atoms with Crippen molar-refractivity contribution in [3.05, 3.63) is 35.6 Å². The third-order valence-corrected chi connectivity index (χ3v) is 4.73. The molecule has 1 amide bonds. The van der Waals surface area contributed by atoms with Gasteiger partial charge < -0.3 is 15.5 Å². The first-order valence-corrected chi connectivity index (χ1v) is 8.18. The molecule has 0 radical (unpaired) electrons. The van der Waals surface area contributed by atoms with Gasteiger partial charge >= 0.3 is 0 Å². The number of amides is 1. The molecule has 0 spiro atoms. The van der Waals surface area contributed by atoms with E-state index in [2.05, 4.69) is 15.5 Å². The number of nitrogens with zero attached hydrogens (tertiary/aromatic N) is 1. The normalized spacial score (nSPS) is 19.7. The second-order valence-corrected chi connectivity index (χ2v) is 6.29. The van der Waals surface area contributed by atoms with Gasteiger partial charge in [0.1, 0.15) is 5.82 Å². The van der Waals surface area contributed by atoms with Crippen molar-refractivity contribution in [2.75, 3.05) is 39.3 Å². The molecule has 1 aliphatic carbocycles. The lowest BCUT2D eigenvalue weighted by Gasteiger charge is -2.27. The van der Waals surface area contributed by atoms with E-state index in [1.54, 1.807) is 12.1 Å². The standard InChI is InChI=1S/C17H24FN3O.ClH/c18-15-4-2-14(3-5-15)17(6-7-17)16(22)20-8-1-11-21-12-9-19-10-13-21;/h2-5,19H,1,6-13H2,(H,20,22);1H. The van der Waals surface area contributed by atoms with Crippen LogP contribution in [0.25, 0.3) is 0 Å². The highest BCUT2D eigenvalue weighted by molar-refractivity contribution is 5.91. The van der Waals surface area contributed by atoms with E-state index < -0.39 is 5.41 Å². The van der Waals surface area contributed by atoms with Crippen LogP contribution in [0, 0.1) is 5.82 Å². The Bertz CT molecular complexity index is 513. The van der Waals surface area contributed by atoms with Crippen molar-refractivity contribution in [2.45, 2.75) is 24.7 Å². The zero-order chi connectivity index (χ0) is 15.4. The number of nitrogens with one attached hydrogen (secondary N) is 2. The summed E-state index contributed by atoms with van der Waals surface area (Å²) >= 11 is 0. The van der Waals surface area contributed by atoms with E-state index in [0.29, 0.717) is 6.54 Å². The highest BCUT2D eigenvalue weighted by atomic mass is 35.5. The molecule has 2 N–H and O–H groups in total. The molecule has 0 aromatic heterocycles. The molecule has 128 valence electrons. The summed E-state index contributed by atoms with van der Waals surface area (Å²) in [5, 5.41) is 6.40. The molecule has 0 atom stereocenters. The lowest BCUT2D eigenvalue weighted by Crippen LogP contribution is -2.44. The molecule has 1 aliphatic heterocycles. The van der Waals surface area contributed by atoms with Crippen LogP contribution in [0.3, 0.4) is 0 Å². The molecule has 0 unspecified atom stereocenters.